The maximum atomic E-state index is 11.8. The molecule has 0 aromatic heterocycles. The fourth-order valence-corrected chi connectivity index (χ4v) is 1.11. The molecule has 0 aliphatic rings. The molecule has 2 atom stereocenters. The maximum Gasteiger partial charge on any atom is 0.326 e. The minimum absolute atomic E-state index is 0.433. The highest BCUT2D eigenvalue weighted by atomic mass is 16.4. The van der Waals surface area contributed by atoms with E-state index in [0.29, 0.717) is 6.42 Å². The largest absolute Gasteiger partial charge is 0.480 e. The second-order valence-corrected chi connectivity index (χ2v) is 5.38. The molecule has 0 aliphatic carbocycles. The average molecular weight is 230 g/mol. The molecule has 16 heavy (non-hydrogen) atoms. The van der Waals surface area contributed by atoms with Crippen LogP contribution < -0.4 is 11.1 Å². The topological polar surface area (TPSA) is 92.4 Å². The number of carboxylic acid groups (broad SMARTS) is 1. The summed E-state index contributed by atoms with van der Waals surface area (Å²) in [5.74, 6) is -1.48. The van der Waals surface area contributed by atoms with Gasteiger partial charge in [-0.2, -0.15) is 0 Å². The number of carboxylic acids is 1. The number of carbonyl (C=O) groups excluding carboxylic acids is 1. The van der Waals surface area contributed by atoms with Gasteiger partial charge in [0.15, 0.2) is 0 Å². The van der Waals surface area contributed by atoms with Gasteiger partial charge in [-0.05, 0) is 18.8 Å². The van der Waals surface area contributed by atoms with E-state index in [-0.39, 0.29) is 0 Å². The summed E-state index contributed by atoms with van der Waals surface area (Å²) in [4.78, 5) is 22.8. The summed E-state index contributed by atoms with van der Waals surface area (Å²) in [6, 6.07) is -0.936. The zero-order valence-electron chi connectivity index (χ0n) is 10.6. The minimum atomic E-state index is -1.05. The maximum absolute atomic E-state index is 11.8. The monoisotopic (exact) mass is 230 g/mol. The molecule has 5 nitrogen and oxygen atoms in total. The number of hydrogen-bond donors (Lipinski definition) is 3. The third-order valence-corrected chi connectivity index (χ3v) is 2.64. The molecule has 0 aromatic carbocycles. The molecule has 0 spiro atoms. The van der Waals surface area contributed by atoms with Gasteiger partial charge in [-0.3, -0.25) is 4.79 Å². The Morgan fingerprint density at radius 1 is 1.31 bits per heavy atom. The molecule has 0 aliphatic heterocycles. The van der Waals surface area contributed by atoms with Crippen LogP contribution >= 0.6 is 0 Å². The van der Waals surface area contributed by atoms with Crippen molar-refractivity contribution < 1.29 is 14.7 Å². The molecule has 0 saturated carbocycles. The molecule has 1 amide bonds. The van der Waals surface area contributed by atoms with Crippen LogP contribution in [-0.4, -0.2) is 28.6 Å². The fraction of sp³-hybridized carbons (Fsp3) is 0.818. The van der Waals surface area contributed by atoms with E-state index in [1.807, 2.05) is 0 Å². The molecular formula is C11H22N2O3. The molecule has 0 bridgehead atoms. The predicted octanol–water partition coefficient (Wildman–Crippen LogP) is 0.729. The van der Waals surface area contributed by atoms with Crippen molar-refractivity contribution in [2.45, 2.75) is 52.6 Å². The van der Waals surface area contributed by atoms with Crippen LogP contribution in [0, 0.1) is 5.41 Å². The van der Waals surface area contributed by atoms with Crippen molar-refractivity contribution in [1.29, 1.82) is 0 Å². The van der Waals surface area contributed by atoms with Crippen LogP contribution in [0.3, 0.4) is 0 Å². The first-order valence-electron chi connectivity index (χ1n) is 5.35. The standard InChI is InChI=1S/C11H22N2O3/c1-6-11(5,12)9(16)13-7(8(14)15)10(2,3)4/h7H,6,12H2,1-5H3,(H,13,16)(H,14,15)/t7-,11?/m1/s1. The Balaban J connectivity index is 4.81. The molecule has 1 unspecified atom stereocenters. The highest BCUT2D eigenvalue weighted by Gasteiger charge is 2.36. The van der Waals surface area contributed by atoms with Gasteiger partial charge < -0.3 is 16.2 Å². The first kappa shape index (κ1) is 14.9. The third kappa shape index (κ3) is 3.81. The van der Waals surface area contributed by atoms with Crippen LogP contribution in [0.4, 0.5) is 0 Å². The molecule has 0 rings (SSSR count). The van der Waals surface area contributed by atoms with Crippen molar-refractivity contribution in [2.24, 2.45) is 11.1 Å². The van der Waals surface area contributed by atoms with Crippen molar-refractivity contribution in [3.63, 3.8) is 0 Å². The molecule has 0 heterocycles. The van der Waals surface area contributed by atoms with E-state index < -0.39 is 28.9 Å². The van der Waals surface area contributed by atoms with Crippen molar-refractivity contribution in [1.82, 2.24) is 5.32 Å². The van der Waals surface area contributed by atoms with Gasteiger partial charge in [-0.15, -0.1) is 0 Å². The van der Waals surface area contributed by atoms with Crippen LogP contribution in [0.5, 0.6) is 0 Å². The molecule has 0 saturated heterocycles. The zero-order valence-corrected chi connectivity index (χ0v) is 10.6. The lowest BCUT2D eigenvalue weighted by atomic mass is 9.86. The molecule has 0 radical (unpaired) electrons. The van der Waals surface area contributed by atoms with Gasteiger partial charge in [0.2, 0.25) is 5.91 Å². The molecule has 94 valence electrons. The lowest BCUT2D eigenvalue weighted by molar-refractivity contribution is -0.145. The Morgan fingerprint density at radius 3 is 2.00 bits per heavy atom. The van der Waals surface area contributed by atoms with E-state index in [4.69, 9.17) is 10.8 Å². The van der Waals surface area contributed by atoms with Gasteiger partial charge in [-0.1, -0.05) is 27.7 Å². The smallest absolute Gasteiger partial charge is 0.326 e. The SMILES string of the molecule is CCC(C)(N)C(=O)N[C@H](C(=O)O)C(C)(C)C. The minimum Gasteiger partial charge on any atom is -0.480 e. The molecule has 5 heteroatoms. The Kier molecular flexibility index (Phi) is 4.49. The highest BCUT2D eigenvalue weighted by Crippen LogP contribution is 2.20. The van der Waals surface area contributed by atoms with Crippen LogP contribution in [0.15, 0.2) is 0 Å². The van der Waals surface area contributed by atoms with E-state index in [1.165, 1.54) is 0 Å². The van der Waals surface area contributed by atoms with E-state index in [0.717, 1.165) is 0 Å². The number of nitrogens with two attached hydrogens (primary N) is 1. The van der Waals surface area contributed by atoms with Gasteiger partial charge in [0.25, 0.3) is 0 Å². The Hall–Kier alpha value is -1.10. The van der Waals surface area contributed by atoms with E-state index in [1.54, 1.807) is 34.6 Å². The number of hydrogen-bond acceptors (Lipinski definition) is 3. The third-order valence-electron chi connectivity index (χ3n) is 2.64. The van der Waals surface area contributed by atoms with Crippen LogP contribution in [0.2, 0.25) is 0 Å². The molecule has 0 fully saturated rings. The number of rotatable bonds is 4. The van der Waals surface area contributed by atoms with Gasteiger partial charge >= 0.3 is 5.97 Å². The van der Waals surface area contributed by atoms with Crippen LogP contribution in [0.25, 0.3) is 0 Å². The summed E-state index contributed by atoms with van der Waals surface area (Å²) >= 11 is 0. The highest BCUT2D eigenvalue weighted by molar-refractivity contribution is 5.89. The molecule has 4 N–H and O–H groups in total. The second-order valence-electron chi connectivity index (χ2n) is 5.38. The Labute approximate surface area is 96.4 Å². The number of amides is 1. The first-order chi connectivity index (χ1) is 7.02. The molecular weight excluding hydrogens is 208 g/mol. The Morgan fingerprint density at radius 2 is 1.75 bits per heavy atom. The average Bonchev–Trinajstić information content (AvgIpc) is 2.11. The summed E-state index contributed by atoms with van der Waals surface area (Å²) in [6.07, 6.45) is 0.454. The fourth-order valence-electron chi connectivity index (χ4n) is 1.11. The van der Waals surface area contributed by atoms with E-state index in [2.05, 4.69) is 5.32 Å². The summed E-state index contributed by atoms with van der Waals surface area (Å²) < 4.78 is 0. The zero-order chi connectivity index (χ0) is 13.1. The summed E-state index contributed by atoms with van der Waals surface area (Å²) in [5, 5.41) is 11.5. The van der Waals surface area contributed by atoms with Gasteiger partial charge in [-0.25, -0.2) is 4.79 Å². The Bertz CT molecular complexity index is 279. The number of nitrogens with one attached hydrogen (secondary N) is 1. The number of carbonyl (C=O) groups is 2. The van der Waals surface area contributed by atoms with Gasteiger partial charge in [0.05, 0.1) is 5.54 Å². The van der Waals surface area contributed by atoms with Gasteiger partial charge in [0.1, 0.15) is 6.04 Å². The lowest BCUT2D eigenvalue weighted by Crippen LogP contribution is -2.58. The quantitative estimate of drug-likeness (QED) is 0.663. The van der Waals surface area contributed by atoms with E-state index >= 15 is 0 Å². The van der Waals surface area contributed by atoms with Crippen LogP contribution in [0.1, 0.15) is 41.0 Å². The van der Waals surface area contributed by atoms with Gasteiger partial charge in [0, 0.05) is 0 Å². The first-order valence-corrected chi connectivity index (χ1v) is 5.35. The normalized spacial score (nSPS) is 17.4. The van der Waals surface area contributed by atoms with Crippen molar-refractivity contribution in [2.75, 3.05) is 0 Å². The molecule has 0 aromatic rings. The second kappa shape index (κ2) is 4.82. The summed E-state index contributed by atoms with van der Waals surface area (Å²) in [7, 11) is 0. The van der Waals surface area contributed by atoms with Crippen molar-refractivity contribution >= 4 is 11.9 Å². The number of aliphatic carboxylic acids is 1. The van der Waals surface area contributed by atoms with Crippen molar-refractivity contribution in [3.05, 3.63) is 0 Å². The summed E-state index contributed by atoms with van der Waals surface area (Å²) in [6.45, 7) is 8.64. The van der Waals surface area contributed by atoms with E-state index in [9.17, 15) is 9.59 Å². The van der Waals surface area contributed by atoms with Crippen LogP contribution in [-0.2, 0) is 9.59 Å². The van der Waals surface area contributed by atoms with Crippen molar-refractivity contribution in [3.8, 4) is 0 Å². The predicted molar refractivity (Wildman–Crippen MR) is 61.9 cm³/mol. The lowest BCUT2D eigenvalue weighted by Gasteiger charge is -2.31. The summed E-state index contributed by atoms with van der Waals surface area (Å²) in [5.41, 5.74) is 4.17.